The lowest BCUT2D eigenvalue weighted by atomic mass is 10.0. The fourth-order valence-corrected chi connectivity index (χ4v) is 5.36. The van der Waals surface area contributed by atoms with E-state index in [9.17, 15) is 4.79 Å². The highest BCUT2D eigenvalue weighted by atomic mass is 32.2. The molecule has 0 N–H and O–H groups in total. The first-order valence-corrected chi connectivity index (χ1v) is 10.5. The maximum Gasteiger partial charge on any atom is 0.237 e. The zero-order chi connectivity index (χ0) is 18.1. The van der Waals surface area contributed by atoms with Gasteiger partial charge in [-0.25, -0.2) is 4.98 Å². The van der Waals surface area contributed by atoms with E-state index in [-0.39, 0.29) is 5.91 Å². The number of rotatable bonds is 4. The van der Waals surface area contributed by atoms with E-state index in [0.717, 1.165) is 39.6 Å². The highest BCUT2D eigenvalue weighted by Crippen LogP contribution is 2.36. The van der Waals surface area contributed by atoms with Crippen LogP contribution in [0.3, 0.4) is 0 Å². The summed E-state index contributed by atoms with van der Waals surface area (Å²) in [5, 5.41) is 0. The highest BCUT2D eigenvalue weighted by Gasteiger charge is 2.22. The molecule has 0 saturated carbocycles. The number of thiazole rings is 1. The van der Waals surface area contributed by atoms with E-state index in [4.69, 9.17) is 0 Å². The highest BCUT2D eigenvalue weighted by molar-refractivity contribution is 8.01. The van der Waals surface area contributed by atoms with Gasteiger partial charge in [-0.1, -0.05) is 36.0 Å². The summed E-state index contributed by atoms with van der Waals surface area (Å²) in [6.07, 6.45) is 2.24. The van der Waals surface area contributed by atoms with Gasteiger partial charge in [0.25, 0.3) is 0 Å². The molecule has 0 fully saturated rings. The van der Waals surface area contributed by atoms with Gasteiger partial charge < -0.3 is 9.80 Å². The lowest BCUT2D eigenvalue weighted by Gasteiger charge is -2.32. The molecule has 0 saturated heterocycles. The third kappa shape index (κ3) is 3.31. The van der Waals surface area contributed by atoms with Crippen molar-refractivity contribution in [2.45, 2.75) is 17.2 Å². The lowest BCUT2D eigenvalue weighted by Crippen LogP contribution is -2.32. The molecular weight excluding hydrogens is 362 g/mol. The van der Waals surface area contributed by atoms with Crippen LogP contribution in [0, 0.1) is 0 Å². The predicted molar refractivity (Wildman–Crippen MR) is 112 cm³/mol. The van der Waals surface area contributed by atoms with Gasteiger partial charge in [0.05, 0.1) is 27.3 Å². The van der Waals surface area contributed by atoms with E-state index in [1.165, 1.54) is 23.0 Å². The van der Waals surface area contributed by atoms with Gasteiger partial charge in [-0.05, 0) is 36.6 Å². The van der Waals surface area contributed by atoms with Crippen molar-refractivity contribution >= 4 is 50.6 Å². The zero-order valence-electron chi connectivity index (χ0n) is 14.9. The van der Waals surface area contributed by atoms with Crippen LogP contribution in [0.5, 0.6) is 0 Å². The molecule has 4 nitrogen and oxygen atoms in total. The number of anilines is 2. The Hall–Kier alpha value is -2.05. The van der Waals surface area contributed by atoms with E-state index in [1.807, 2.05) is 31.3 Å². The molecule has 0 aliphatic carbocycles. The fraction of sp³-hybridized carbons (Fsp3) is 0.300. The molecule has 2 aromatic carbocycles. The minimum atomic E-state index is 0.0987. The molecule has 0 bridgehead atoms. The summed E-state index contributed by atoms with van der Waals surface area (Å²) in [7, 11) is 3.98. The molecule has 26 heavy (non-hydrogen) atoms. The monoisotopic (exact) mass is 383 g/mol. The number of benzene rings is 2. The number of para-hydroxylation sites is 2. The molecule has 0 radical (unpaired) electrons. The molecule has 134 valence electrons. The molecule has 6 heteroatoms. The number of nitrogens with zero attached hydrogens (tertiary/aromatic N) is 3. The van der Waals surface area contributed by atoms with Crippen LogP contribution in [0.1, 0.15) is 12.0 Å². The smallest absolute Gasteiger partial charge is 0.237 e. The molecule has 0 spiro atoms. The van der Waals surface area contributed by atoms with Gasteiger partial charge in [-0.15, -0.1) is 11.3 Å². The minimum Gasteiger partial charge on any atom is -0.373 e. The Labute approximate surface area is 161 Å². The first-order chi connectivity index (χ1) is 12.6. The van der Waals surface area contributed by atoms with Crippen LogP contribution in [0.2, 0.25) is 0 Å². The molecule has 1 aliphatic heterocycles. The van der Waals surface area contributed by atoms with Crippen molar-refractivity contribution < 1.29 is 4.79 Å². The second-order valence-corrected chi connectivity index (χ2v) is 8.75. The maximum absolute atomic E-state index is 12.8. The van der Waals surface area contributed by atoms with E-state index in [1.54, 1.807) is 16.2 Å². The Morgan fingerprint density at radius 1 is 1.27 bits per heavy atom. The Morgan fingerprint density at radius 2 is 2.12 bits per heavy atom. The number of thioether (sulfide) groups is 1. The van der Waals surface area contributed by atoms with Crippen molar-refractivity contribution in [2.24, 2.45) is 0 Å². The summed E-state index contributed by atoms with van der Waals surface area (Å²) in [4.78, 5) is 21.4. The van der Waals surface area contributed by atoms with Gasteiger partial charge in [-0.2, -0.15) is 0 Å². The molecule has 1 amide bonds. The fourth-order valence-electron chi connectivity index (χ4n) is 3.38. The number of carbonyl (C=O) groups is 1. The summed E-state index contributed by atoms with van der Waals surface area (Å²) in [5.74, 6) is 0.491. The minimum absolute atomic E-state index is 0.0987. The van der Waals surface area contributed by atoms with Gasteiger partial charge in [0, 0.05) is 20.6 Å². The molecule has 1 aromatic heterocycles. The molecule has 3 aromatic rings. The van der Waals surface area contributed by atoms with Crippen LogP contribution >= 0.6 is 23.1 Å². The number of aryl methyl sites for hydroxylation is 1. The number of fused-ring (bicyclic) bond motifs is 2. The number of amides is 1. The molecule has 2 heterocycles. The van der Waals surface area contributed by atoms with E-state index < -0.39 is 0 Å². The lowest BCUT2D eigenvalue weighted by molar-refractivity contribution is -0.115. The van der Waals surface area contributed by atoms with Gasteiger partial charge in [0.15, 0.2) is 4.34 Å². The first kappa shape index (κ1) is 17.4. The average Bonchev–Trinajstić information content (AvgIpc) is 3.08. The average molecular weight is 384 g/mol. The van der Waals surface area contributed by atoms with Crippen molar-refractivity contribution in [1.29, 1.82) is 0 Å². The predicted octanol–water partition coefficient (Wildman–Crippen LogP) is 4.43. The van der Waals surface area contributed by atoms with Gasteiger partial charge in [0.2, 0.25) is 5.91 Å². The van der Waals surface area contributed by atoms with Crippen LogP contribution in [0.25, 0.3) is 10.2 Å². The van der Waals surface area contributed by atoms with Crippen molar-refractivity contribution in [3.8, 4) is 0 Å². The topological polar surface area (TPSA) is 36.4 Å². The van der Waals surface area contributed by atoms with Crippen molar-refractivity contribution in [1.82, 2.24) is 4.98 Å². The summed E-state index contributed by atoms with van der Waals surface area (Å²) in [6, 6.07) is 14.3. The third-order valence-electron chi connectivity index (χ3n) is 4.75. The van der Waals surface area contributed by atoms with E-state index in [2.05, 4.69) is 35.1 Å². The van der Waals surface area contributed by atoms with Crippen LogP contribution in [-0.4, -0.2) is 37.3 Å². The quantitative estimate of drug-likeness (QED) is 0.625. The van der Waals surface area contributed by atoms with Crippen molar-refractivity contribution in [3.05, 3.63) is 48.0 Å². The number of carbonyl (C=O) groups excluding carboxylic acids is 1. The van der Waals surface area contributed by atoms with Crippen molar-refractivity contribution in [3.63, 3.8) is 0 Å². The first-order valence-electron chi connectivity index (χ1n) is 8.71. The molecule has 1 aliphatic rings. The van der Waals surface area contributed by atoms with Crippen LogP contribution in [-0.2, 0) is 11.2 Å². The normalized spacial score (nSPS) is 13.7. The molecule has 0 atom stereocenters. The van der Waals surface area contributed by atoms with Crippen LogP contribution in [0.4, 0.5) is 11.4 Å². The summed E-state index contributed by atoms with van der Waals surface area (Å²) in [6.45, 7) is 1.03. The van der Waals surface area contributed by atoms with Crippen LogP contribution in [0.15, 0.2) is 46.8 Å². The maximum atomic E-state index is 12.8. The Morgan fingerprint density at radius 3 is 2.96 bits per heavy atom. The largest absolute Gasteiger partial charge is 0.373 e. The van der Waals surface area contributed by atoms with Gasteiger partial charge >= 0.3 is 0 Å². The number of hydrogen-bond donors (Lipinski definition) is 0. The number of hydrogen-bond acceptors (Lipinski definition) is 5. The second kappa shape index (κ2) is 7.29. The third-order valence-corrected chi connectivity index (χ3v) is 6.91. The van der Waals surface area contributed by atoms with Crippen molar-refractivity contribution in [2.75, 3.05) is 36.2 Å². The Kier molecular flexibility index (Phi) is 4.87. The Balaban J connectivity index is 1.50. The van der Waals surface area contributed by atoms with E-state index in [0.29, 0.717) is 5.75 Å². The summed E-state index contributed by atoms with van der Waals surface area (Å²) in [5.41, 5.74) is 4.52. The van der Waals surface area contributed by atoms with E-state index >= 15 is 0 Å². The molecule has 0 unspecified atom stereocenters. The Bertz CT molecular complexity index is 920. The zero-order valence-corrected chi connectivity index (χ0v) is 16.6. The van der Waals surface area contributed by atoms with Gasteiger partial charge in [-0.3, -0.25) is 4.79 Å². The number of aromatic nitrogens is 1. The van der Waals surface area contributed by atoms with Gasteiger partial charge in [0.1, 0.15) is 0 Å². The summed E-state index contributed by atoms with van der Waals surface area (Å²) < 4.78 is 2.11. The SMILES string of the molecule is CN1CCCc2cccc(N(C)C(=O)CSc3nc4ccccc4s3)c21. The summed E-state index contributed by atoms with van der Waals surface area (Å²) >= 11 is 3.16. The van der Waals surface area contributed by atoms with Crippen LogP contribution < -0.4 is 9.80 Å². The molecular formula is C20H21N3OS2. The standard InChI is InChI=1S/C20H21N3OS2/c1-22-12-6-8-14-7-5-10-16(19(14)22)23(2)18(24)13-25-20-21-15-9-3-4-11-17(15)26-20/h3-5,7,9-11H,6,8,12-13H2,1-2H3. The second-order valence-electron chi connectivity index (χ2n) is 6.50. The molecule has 4 rings (SSSR count).